The first-order chi connectivity index (χ1) is 7.69. The van der Waals surface area contributed by atoms with Crippen LogP contribution in [0.2, 0.25) is 0 Å². The number of aliphatic hydroxyl groups is 1. The van der Waals surface area contributed by atoms with E-state index in [1.54, 1.807) is 20.8 Å². The smallest absolute Gasteiger partial charge is 0.311 e. The monoisotopic (exact) mass is 244 g/mol. The lowest BCUT2D eigenvalue weighted by molar-refractivity contribution is -0.157. The molecule has 17 heavy (non-hydrogen) atoms. The highest BCUT2D eigenvalue weighted by molar-refractivity contribution is 5.83. The highest BCUT2D eigenvalue weighted by atomic mass is 16.5. The standard InChI is InChI=1S/C13H24O4/c1-6-13(5,10(2)15)9-12(3,4)11(16)17-8-7-14/h14H,6-9H2,1-5H3. The van der Waals surface area contributed by atoms with Crippen LogP contribution in [0.25, 0.3) is 0 Å². The number of ether oxygens (including phenoxy) is 1. The van der Waals surface area contributed by atoms with E-state index in [0.717, 1.165) is 0 Å². The fourth-order valence-electron chi connectivity index (χ4n) is 1.88. The summed E-state index contributed by atoms with van der Waals surface area (Å²) in [5.41, 5.74) is -1.21. The highest BCUT2D eigenvalue weighted by Gasteiger charge is 2.39. The zero-order chi connectivity index (χ0) is 13.7. The topological polar surface area (TPSA) is 63.6 Å². The first kappa shape index (κ1) is 16.1. The Bertz CT molecular complexity index is 283. The van der Waals surface area contributed by atoms with Crippen molar-refractivity contribution in [2.24, 2.45) is 10.8 Å². The summed E-state index contributed by atoms with van der Waals surface area (Å²) in [6.07, 6.45) is 1.15. The summed E-state index contributed by atoms with van der Waals surface area (Å²) in [6.45, 7) is 8.73. The van der Waals surface area contributed by atoms with E-state index in [9.17, 15) is 9.59 Å². The quantitative estimate of drug-likeness (QED) is 0.695. The molecule has 0 fully saturated rings. The Kier molecular flexibility index (Phi) is 5.82. The second-order valence-corrected chi connectivity index (χ2v) is 5.39. The third-order valence-electron chi connectivity index (χ3n) is 3.34. The summed E-state index contributed by atoms with van der Waals surface area (Å²) in [5.74, 6) is -0.282. The number of aliphatic hydroxyl groups excluding tert-OH is 1. The van der Waals surface area contributed by atoms with Gasteiger partial charge in [-0.2, -0.15) is 0 Å². The number of carbonyl (C=O) groups is 2. The van der Waals surface area contributed by atoms with Gasteiger partial charge in [0.15, 0.2) is 0 Å². The van der Waals surface area contributed by atoms with Crippen LogP contribution in [-0.2, 0) is 14.3 Å². The number of Topliss-reactive ketones (excluding diaryl/α,β-unsaturated/α-hetero) is 1. The molecule has 1 atom stereocenters. The second kappa shape index (κ2) is 6.15. The largest absolute Gasteiger partial charge is 0.463 e. The SMILES string of the molecule is CCC(C)(CC(C)(C)C(=O)OCCO)C(C)=O. The maximum Gasteiger partial charge on any atom is 0.311 e. The van der Waals surface area contributed by atoms with Crippen molar-refractivity contribution in [3.8, 4) is 0 Å². The van der Waals surface area contributed by atoms with Gasteiger partial charge in [-0.25, -0.2) is 0 Å². The van der Waals surface area contributed by atoms with E-state index in [-0.39, 0.29) is 25.0 Å². The first-order valence-corrected chi connectivity index (χ1v) is 5.99. The lowest BCUT2D eigenvalue weighted by atomic mass is 9.70. The van der Waals surface area contributed by atoms with Crippen LogP contribution in [0, 0.1) is 10.8 Å². The normalized spacial score (nSPS) is 15.2. The Morgan fingerprint density at radius 1 is 1.24 bits per heavy atom. The van der Waals surface area contributed by atoms with Crippen molar-refractivity contribution in [3.05, 3.63) is 0 Å². The van der Waals surface area contributed by atoms with Crippen molar-refractivity contribution in [1.29, 1.82) is 0 Å². The van der Waals surface area contributed by atoms with Gasteiger partial charge in [-0.3, -0.25) is 9.59 Å². The number of ketones is 1. The van der Waals surface area contributed by atoms with Crippen molar-refractivity contribution in [3.63, 3.8) is 0 Å². The van der Waals surface area contributed by atoms with Crippen LogP contribution in [0.3, 0.4) is 0 Å². The van der Waals surface area contributed by atoms with E-state index in [0.29, 0.717) is 12.8 Å². The van der Waals surface area contributed by atoms with Gasteiger partial charge in [0.2, 0.25) is 0 Å². The predicted molar refractivity (Wildman–Crippen MR) is 65.5 cm³/mol. The summed E-state index contributed by atoms with van der Waals surface area (Å²) >= 11 is 0. The molecule has 100 valence electrons. The Morgan fingerprint density at radius 3 is 2.12 bits per heavy atom. The average Bonchev–Trinajstić information content (AvgIpc) is 2.24. The molecule has 0 amide bonds. The van der Waals surface area contributed by atoms with Gasteiger partial charge < -0.3 is 9.84 Å². The Labute approximate surface area is 103 Å². The minimum atomic E-state index is -0.717. The van der Waals surface area contributed by atoms with Gasteiger partial charge >= 0.3 is 5.97 Å². The van der Waals surface area contributed by atoms with Gasteiger partial charge in [0.1, 0.15) is 12.4 Å². The van der Waals surface area contributed by atoms with Crippen LogP contribution in [0.5, 0.6) is 0 Å². The zero-order valence-corrected chi connectivity index (χ0v) is 11.5. The third kappa shape index (κ3) is 4.46. The molecule has 0 aromatic rings. The van der Waals surface area contributed by atoms with E-state index in [2.05, 4.69) is 0 Å². The summed E-state index contributed by atoms with van der Waals surface area (Å²) in [5, 5.41) is 8.62. The van der Waals surface area contributed by atoms with Crippen LogP contribution in [0.15, 0.2) is 0 Å². The fourth-order valence-corrected chi connectivity index (χ4v) is 1.88. The van der Waals surface area contributed by atoms with Crippen molar-refractivity contribution in [1.82, 2.24) is 0 Å². The molecule has 0 spiro atoms. The molecule has 0 aromatic carbocycles. The van der Waals surface area contributed by atoms with Crippen molar-refractivity contribution >= 4 is 11.8 Å². The van der Waals surface area contributed by atoms with Crippen molar-refractivity contribution < 1.29 is 19.4 Å². The van der Waals surface area contributed by atoms with Crippen LogP contribution in [0.4, 0.5) is 0 Å². The van der Waals surface area contributed by atoms with Gasteiger partial charge in [0.25, 0.3) is 0 Å². The lowest BCUT2D eigenvalue weighted by Gasteiger charge is -2.33. The molecule has 0 heterocycles. The molecule has 4 heteroatoms. The first-order valence-electron chi connectivity index (χ1n) is 5.99. The van der Waals surface area contributed by atoms with Gasteiger partial charge in [0.05, 0.1) is 12.0 Å². The van der Waals surface area contributed by atoms with Gasteiger partial charge in [0, 0.05) is 5.41 Å². The molecule has 0 aliphatic heterocycles. The molecule has 0 bridgehead atoms. The fraction of sp³-hybridized carbons (Fsp3) is 0.846. The molecule has 4 nitrogen and oxygen atoms in total. The van der Waals surface area contributed by atoms with E-state index in [4.69, 9.17) is 9.84 Å². The minimum Gasteiger partial charge on any atom is -0.463 e. The highest BCUT2D eigenvalue weighted by Crippen LogP contribution is 2.38. The molecular weight excluding hydrogens is 220 g/mol. The molecule has 0 aliphatic rings. The van der Waals surface area contributed by atoms with Crippen molar-refractivity contribution in [2.45, 2.75) is 47.5 Å². The second-order valence-electron chi connectivity index (χ2n) is 5.39. The number of hydrogen-bond donors (Lipinski definition) is 1. The van der Waals surface area contributed by atoms with Crippen LogP contribution in [-0.4, -0.2) is 30.1 Å². The molecule has 0 saturated carbocycles. The Balaban J connectivity index is 4.72. The molecule has 0 saturated heterocycles. The van der Waals surface area contributed by atoms with Gasteiger partial charge in [-0.15, -0.1) is 0 Å². The number of rotatable bonds is 7. The van der Waals surface area contributed by atoms with Crippen LogP contribution >= 0.6 is 0 Å². The van der Waals surface area contributed by atoms with Gasteiger partial charge in [-0.1, -0.05) is 13.8 Å². The van der Waals surface area contributed by atoms with Crippen molar-refractivity contribution in [2.75, 3.05) is 13.2 Å². The predicted octanol–water partition coefficient (Wildman–Crippen LogP) is 1.94. The van der Waals surface area contributed by atoms with Crippen LogP contribution in [0.1, 0.15) is 47.5 Å². The summed E-state index contributed by atoms with van der Waals surface area (Å²) in [6, 6.07) is 0. The Hall–Kier alpha value is -0.900. The van der Waals surface area contributed by atoms with Gasteiger partial charge in [-0.05, 0) is 33.6 Å². The molecule has 0 radical (unpaired) electrons. The zero-order valence-electron chi connectivity index (χ0n) is 11.5. The minimum absolute atomic E-state index is 0.00513. The summed E-state index contributed by atoms with van der Waals surface area (Å²) in [4.78, 5) is 23.4. The van der Waals surface area contributed by atoms with E-state index in [1.807, 2.05) is 13.8 Å². The van der Waals surface area contributed by atoms with E-state index < -0.39 is 10.8 Å². The average molecular weight is 244 g/mol. The molecule has 1 N–H and O–H groups in total. The molecule has 0 aliphatic carbocycles. The number of carbonyl (C=O) groups excluding carboxylic acids is 2. The van der Waals surface area contributed by atoms with E-state index in [1.165, 1.54) is 0 Å². The molecule has 0 rings (SSSR count). The maximum absolute atomic E-state index is 11.8. The molecule has 0 aromatic heterocycles. The number of esters is 1. The summed E-state index contributed by atoms with van der Waals surface area (Å²) in [7, 11) is 0. The van der Waals surface area contributed by atoms with Crippen LogP contribution < -0.4 is 0 Å². The number of hydrogen-bond acceptors (Lipinski definition) is 4. The molecular formula is C13H24O4. The summed E-state index contributed by atoms with van der Waals surface area (Å²) < 4.78 is 4.93. The lowest BCUT2D eigenvalue weighted by Crippen LogP contribution is -2.37. The Morgan fingerprint density at radius 2 is 1.76 bits per heavy atom. The molecule has 1 unspecified atom stereocenters. The van der Waals surface area contributed by atoms with E-state index >= 15 is 0 Å². The third-order valence-corrected chi connectivity index (χ3v) is 3.34. The maximum atomic E-state index is 11.8.